The van der Waals surface area contributed by atoms with Gasteiger partial charge in [0.1, 0.15) is 0 Å². The summed E-state index contributed by atoms with van der Waals surface area (Å²) < 4.78 is 0. The van der Waals surface area contributed by atoms with Crippen LogP contribution in [-0.2, 0) is 21.7 Å². The van der Waals surface area contributed by atoms with Crippen LogP contribution in [0.25, 0.3) is 0 Å². The topological polar surface area (TPSA) is 20.2 Å². The molecule has 0 saturated carbocycles. The molecule has 0 atom stereocenters. The maximum absolute atomic E-state index is 8.06. The van der Waals surface area contributed by atoms with Gasteiger partial charge in [-0.3, -0.25) is 6.08 Å². The van der Waals surface area contributed by atoms with E-state index in [2.05, 4.69) is 12.2 Å². The molecule has 1 aliphatic carbocycles. The molecular weight excluding hydrogens is 220 g/mol. The average Bonchev–Trinajstić information content (AvgIpc) is 2.11. The van der Waals surface area contributed by atoms with E-state index >= 15 is 0 Å². The zero-order chi connectivity index (χ0) is 7.11. The summed E-state index contributed by atoms with van der Waals surface area (Å²) in [7, 11) is 0. The van der Waals surface area contributed by atoms with Gasteiger partial charge in [0.25, 0.3) is 0 Å². The Kier molecular flexibility index (Phi) is 112. The molecule has 1 nitrogen and oxygen atoms in total. The molecule has 0 aromatic carbocycles. The first kappa shape index (κ1) is 45.7. The minimum absolute atomic E-state index is 0. The van der Waals surface area contributed by atoms with Gasteiger partial charge in [-0.1, -0.05) is 0 Å². The van der Waals surface area contributed by atoms with Gasteiger partial charge in [-0.05, 0) is 13.8 Å². The van der Waals surface area contributed by atoms with Crippen LogP contribution in [0.2, 0.25) is 0 Å². The molecule has 15 heavy (non-hydrogen) atoms. The fraction of sp³-hybridized carbons (Fsp3) is 0.308. The van der Waals surface area contributed by atoms with E-state index in [1.165, 1.54) is 0 Å². The van der Waals surface area contributed by atoms with E-state index in [0.29, 0.717) is 0 Å². The predicted molar refractivity (Wildman–Crippen MR) is 71.0 cm³/mol. The minimum Gasteiger partial charge on any atom is -0.394 e. The molecule has 2 heteroatoms. The molecule has 96 valence electrons. The zero-order valence-electron chi connectivity index (χ0n) is 11.5. The first-order valence-corrected chi connectivity index (χ1v) is 3.13. The summed E-state index contributed by atoms with van der Waals surface area (Å²) in [6.07, 6.45) is 9.83. The maximum atomic E-state index is 8.06. The van der Waals surface area contributed by atoms with Crippen molar-refractivity contribution in [3.8, 4) is 0 Å². The van der Waals surface area contributed by atoms with Crippen LogP contribution in [0.15, 0.2) is 18.2 Å². The Labute approximate surface area is 115 Å². The number of allylic oxidation sites excluding steroid dienone is 4. The van der Waals surface area contributed by atoms with Crippen LogP contribution in [0.4, 0.5) is 0 Å². The Morgan fingerprint density at radius 1 is 1.07 bits per heavy atom. The van der Waals surface area contributed by atoms with E-state index in [9.17, 15) is 0 Å². The summed E-state index contributed by atoms with van der Waals surface area (Å²) in [5, 5.41) is 8.06. The molecule has 0 aromatic rings. The second-order valence-electron chi connectivity index (χ2n) is 2.10. The van der Waals surface area contributed by atoms with Gasteiger partial charge in [-0.2, -0.15) is 6.08 Å². The molecular formula is C13H28OTi-6. The normalized spacial score (nSPS) is 8.27. The Balaban J connectivity index is -0.0000000124. The second-order valence-corrected chi connectivity index (χ2v) is 2.10. The van der Waals surface area contributed by atoms with Crippen LogP contribution in [0.1, 0.15) is 20.3 Å². The number of hydrogen-bond acceptors (Lipinski definition) is 1. The minimum atomic E-state index is -0.167. The standard InChI is InChI=1S/C5H5.C3H8O.5CH3.Ti/c1-2-4-5-3-1;1-3(2)4;;;;;;/h1-3H,4H2;3-4H,1-2H3;5*1H3;/q-1;;5*-1;. The molecule has 0 spiro atoms. The summed E-state index contributed by atoms with van der Waals surface area (Å²) in [5.74, 6) is 0. The van der Waals surface area contributed by atoms with E-state index in [1.54, 1.807) is 13.8 Å². The Hall–Kier alpha value is 0.154. The van der Waals surface area contributed by atoms with Crippen LogP contribution in [0, 0.1) is 43.2 Å². The van der Waals surface area contributed by atoms with Crippen molar-refractivity contribution in [2.24, 2.45) is 0 Å². The van der Waals surface area contributed by atoms with Gasteiger partial charge in [0.2, 0.25) is 0 Å². The average molecular weight is 248 g/mol. The van der Waals surface area contributed by atoms with Crippen molar-refractivity contribution in [3.05, 3.63) is 61.4 Å². The number of aliphatic hydroxyl groups is 1. The van der Waals surface area contributed by atoms with Crippen LogP contribution < -0.4 is 0 Å². The molecule has 1 aliphatic rings. The van der Waals surface area contributed by atoms with Gasteiger partial charge >= 0.3 is 0 Å². The quantitative estimate of drug-likeness (QED) is 0.508. The van der Waals surface area contributed by atoms with Gasteiger partial charge in [-0.15, -0.1) is 6.42 Å². The molecule has 0 aromatic heterocycles. The van der Waals surface area contributed by atoms with Crippen molar-refractivity contribution in [2.75, 3.05) is 0 Å². The molecule has 0 saturated heterocycles. The number of aliphatic hydroxyl groups excluding tert-OH is 1. The van der Waals surface area contributed by atoms with Crippen molar-refractivity contribution in [1.82, 2.24) is 0 Å². The van der Waals surface area contributed by atoms with Crippen molar-refractivity contribution in [1.29, 1.82) is 0 Å². The van der Waals surface area contributed by atoms with Crippen LogP contribution in [-0.4, -0.2) is 11.2 Å². The van der Waals surface area contributed by atoms with Crippen molar-refractivity contribution in [3.63, 3.8) is 0 Å². The van der Waals surface area contributed by atoms with Gasteiger partial charge in [-0.25, -0.2) is 12.2 Å². The van der Waals surface area contributed by atoms with Gasteiger partial charge in [0, 0.05) is 27.8 Å². The maximum Gasteiger partial charge on any atom is 0.0483 e. The molecule has 0 fully saturated rings. The zero-order valence-corrected chi connectivity index (χ0v) is 13.0. The van der Waals surface area contributed by atoms with Crippen LogP contribution in [0.5, 0.6) is 0 Å². The van der Waals surface area contributed by atoms with E-state index in [-0.39, 0.29) is 65.0 Å². The van der Waals surface area contributed by atoms with Crippen LogP contribution in [0.3, 0.4) is 0 Å². The van der Waals surface area contributed by atoms with Gasteiger partial charge in [0.15, 0.2) is 0 Å². The molecule has 0 bridgehead atoms. The summed E-state index contributed by atoms with van der Waals surface area (Å²) in [6, 6.07) is 0. The van der Waals surface area contributed by atoms with E-state index < -0.39 is 0 Å². The first-order valence-electron chi connectivity index (χ1n) is 3.13. The van der Waals surface area contributed by atoms with Gasteiger partial charge < -0.3 is 42.2 Å². The fourth-order valence-electron chi connectivity index (χ4n) is 0.340. The molecule has 1 N–H and O–H groups in total. The Morgan fingerprint density at radius 2 is 1.40 bits per heavy atom. The fourth-order valence-corrected chi connectivity index (χ4v) is 0.340. The smallest absolute Gasteiger partial charge is 0.0483 e. The third kappa shape index (κ3) is 78.7. The van der Waals surface area contributed by atoms with E-state index in [0.717, 1.165) is 6.42 Å². The first-order chi connectivity index (χ1) is 4.23. The summed E-state index contributed by atoms with van der Waals surface area (Å²) in [5.41, 5.74) is 0. The van der Waals surface area contributed by atoms with Gasteiger partial charge in [0.05, 0.1) is 0 Å². The van der Waals surface area contributed by atoms with E-state index in [1.807, 2.05) is 12.2 Å². The predicted octanol–water partition coefficient (Wildman–Crippen LogP) is 3.94. The van der Waals surface area contributed by atoms with Crippen molar-refractivity contribution < 1.29 is 26.8 Å². The molecule has 0 unspecified atom stereocenters. The molecule has 0 radical (unpaired) electrons. The number of hydrogen-bond donors (Lipinski definition) is 1. The third-order valence-electron chi connectivity index (χ3n) is 0.586. The van der Waals surface area contributed by atoms with Crippen molar-refractivity contribution >= 4 is 0 Å². The Morgan fingerprint density at radius 3 is 1.47 bits per heavy atom. The largest absolute Gasteiger partial charge is 0.394 e. The molecule has 0 amide bonds. The SMILES string of the molecule is CC(C)O.[C-]1=CC=CC1.[CH3-].[CH3-].[CH3-].[CH3-].[CH3-].[Ti]. The number of rotatable bonds is 0. The second kappa shape index (κ2) is 36.8. The summed E-state index contributed by atoms with van der Waals surface area (Å²) in [4.78, 5) is 0. The molecule has 1 rings (SSSR count). The third-order valence-corrected chi connectivity index (χ3v) is 0.586. The monoisotopic (exact) mass is 248 g/mol. The van der Waals surface area contributed by atoms with E-state index in [4.69, 9.17) is 5.11 Å². The van der Waals surface area contributed by atoms with Crippen LogP contribution >= 0.6 is 0 Å². The molecule has 0 aliphatic heterocycles. The molecule has 0 heterocycles. The van der Waals surface area contributed by atoms with Crippen molar-refractivity contribution in [2.45, 2.75) is 26.4 Å². The Bertz CT molecular complexity index is 94.3. The summed E-state index contributed by atoms with van der Waals surface area (Å²) >= 11 is 0. The summed E-state index contributed by atoms with van der Waals surface area (Å²) in [6.45, 7) is 3.44.